The van der Waals surface area contributed by atoms with E-state index in [2.05, 4.69) is 5.32 Å². The zero-order chi connectivity index (χ0) is 15.0. The predicted molar refractivity (Wildman–Crippen MR) is 78.8 cm³/mol. The van der Waals surface area contributed by atoms with Gasteiger partial charge in [0.15, 0.2) is 0 Å². The fraction of sp³-hybridized carbons (Fsp3) is 0.875. The van der Waals surface area contributed by atoms with Crippen molar-refractivity contribution in [2.75, 3.05) is 13.1 Å². The Hall–Kier alpha value is -1.10. The van der Waals surface area contributed by atoms with Crippen molar-refractivity contribution in [3.05, 3.63) is 0 Å². The van der Waals surface area contributed by atoms with E-state index >= 15 is 0 Å². The molecule has 5 heteroatoms. The number of hydrogen-bond acceptors (Lipinski definition) is 3. The highest BCUT2D eigenvalue weighted by Crippen LogP contribution is 2.48. The minimum Gasteiger partial charge on any atom is -0.481 e. The molecular weight excluding hydrogens is 268 g/mol. The molecule has 3 fully saturated rings. The monoisotopic (exact) mass is 294 g/mol. The fourth-order valence-electron chi connectivity index (χ4n) is 4.63. The summed E-state index contributed by atoms with van der Waals surface area (Å²) in [5, 5.41) is 12.8. The number of nitrogens with zero attached hydrogens (tertiary/aromatic N) is 1. The first kappa shape index (κ1) is 14.8. The lowest BCUT2D eigenvalue weighted by Crippen LogP contribution is -2.54. The minimum atomic E-state index is -0.697. The van der Waals surface area contributed by atoms with Crippen molar-refractivity contribution >= 4 is 11.9 Å². The van der Waals surface area contributed by atoms with Gasteiger partial charge in [-0.15, -0.1) is 0 Å². The molecule has 0 aromatic heterocycles. The van der Waals surface area contributed by atoms with Crippen LogP contribution in [0.3, 0.4) is 0 Å². The van der Waals surface area contributed by atoms with Crippen LogP contribution in [0.1, 0.15) is 45.4 Å². The van der Waals surface area contributed by atoms with E-state index in [1.807, 2.05) is 11.8 Å². The van der Waals surface area contributed by atoms with E-state index in [1.54, 1.807) is 0 Å². The second-order valence-corrected chi connectivity index (χ2v) is 7.00. The molecule has 1 aliphatic heterocycles. The molecule has 1 saturated heterocycles. The number of carboxylic acid groups (broad SMARTS) is 1. The molecule has 0 spiro atoms. The van der Waals surface area contributed by atoms with Gasteiger partial charge < -0.3 is 15.3 Å². The topological polar surface area (TPSA) is 69.6 Å². The number of fused-ring (bicyclic) bond motifs is 2. The summed E-state index contributed by atoms with van der Waals surface area (Å²) >= 11 is 0. The Morgan fingerprint density at radius 2 is 1.81 bits per heavy atom. The molecule has 5 nitrogen and oxygen atoms in total. The molecule has 5 unspecified atom stereocenters. The Kier molecular flexibility index (Phi) is 4.20. The summed E-state index contributed by atoms with van der Waals surface area (Å²) in [6.07, 6.45) is 6.54. The normalized spacial score (nSPS) is 36.7. The number of carbonyl (C=O) groups excluding carboxylic acids is 1. The molecule has 5 atom stereocenters. The van der Waals surface area contributed by atoms with Crippen molar-refractivity contribution in [3.63, 3.8) is 0 Å². The largest absolute Gasteiger partial charge is 0.481 e. The maximum Gasteiger partial charge on any atom is 0.308 e. The SMILES string of the molecule is CC(NC1C2CCC(C2)C1C(=O)O)C(=O)N1CCCCC1. The number of likely N-dealkylation sites (tertiary alicyclic amines) is 1. The van der Waals surface area contributed by atoms with Crippen LogP contribution in [0.5, 0.6) is 0 Å². The summed E-state index contributed by atoms with van der Waals surface area (Å²) < 4.78 is 0. The number of carbonyl (C=O) groups is 2. The van der Waals surface area contributed by atoms with Gasteiger partial charge in [-0.2, -0.15) is 0 Å². The van der Waals surface area contributed by atoms with Gasteiger partial charge in [0.05, 0.1) is 12.0 Å². The lowest BCUT2D eigenvalue weighted by Gasteiger charge is -2.34. The van der Waals surface area contributed by atoms with Crippen molar-refractivity contribution in [1.29, 1.82) is 0 Å². The van der Waals surface area contributed by atoms with Crippen molar-refractivity contribution in [3.8, 4) is 0 Å². The molecule has 3 rings (SSSR count). The van der Waals surface area contributed by atoms with Crippen LogP contribution in [0.4, 0.5) is 0 Å². The molecule has 2 saturated carbocycles. The Morgan fingerprint density at radius 1 is 1.14 bits per heavy atom. The first-order valence-electron chi connectivity index (χ1n) is 8.35. The Balaban J connectivity index is 1.62. The van der Waals surface area contributed by atoms with Gasteiger partial charge in [-0.3, -0.25) is 9.59 Å². The van der Waals surface area contributed by atoms with Crippen LogP contribution >= 0.6 is 0 Å². The molecule has 1 heterocycles. The molecule has 0 aromatic rings. The van der Waals surface area contributed by atoms with E-state index in [4.69, 9.17) is 0 Å². The van der Waals surface area contributed by atoms with Crippen LogP contribution < -0.4 is 5.32 Å². The summed E-state index contributed by atoms with van der Waals surface area (Å²) in [5.41, 5.74) is 0. The van der Waals surface area contributed by atoms with Crippen molar-refractivity contribution in [2.24, 2.45) is 17.8 Å². The average molecular weight is 294 g/mol. The van der Waals surface area contributed by atoms with E-state index in [0.29, 0.717) is 11.8 Å². The number of piperidine rings is 1. The van der Waals surface area contributed by atoms with Crippen LogP contribution in [-0.2, 0) is 9.59 Å². The van der Waals surface area contributed by atoms with Gasteiger partial charge in [0.1, 0.15) is 0 Å². The predicted octanol–water partition coefficient (Wildman–Crippen LogP) is 1.48. The quantitative estimate of drug-likeness (QED) is 0.824. The number of aliphatic carboxylic acids is 1. The zero-order valence-corrected chi connectivity index (χ0v) is 12.8. The maximum atomic E-state index is 12.5. The summed E-state index contributed by atoms with van der Waals surface area (Å²) in [4.78, 5) is 25.9. The van der Waals surface area contributed by atoms with Crippen molar-refractivity contribution in [2.45, 2.75) is 57.5 Å². The molecule has 118 valence electrons. The summed E-state index contributed by atoms with van der Waals surface area (Å²) in [6, 6.07) is -0.292. The van der Waals surface area contributed by atoms with Crippen molar-refractivity contribution in [1.82, 2.24) is 10.2 Å². The zero-order valence-electron chi connectivity index (χ0n) is 12.8. The fourth-order valence-corrected chi connectivity index (χ4v) is 4.63. The van der Waals surface area contributed by atoms with Crippen LogP contribution in [-0.4, -0.2) is 47.1 Å². The molecule has 1 amide bonds. The first-order chi connectivity index (χ1) is 10.1. The minimum absolute atomic E-state index is 0.0232. The summed E-state index contributed by atoms with van der Waals surface area (Å²) in [7, 11) is 0. The van der Waals surface area contributed by atoms with Crippen LogP contribution in [0.25, 0.3) is 0 Å². The standard InChI is InChI=1S/C16H26N2O3/c1-10(15(19)18-7-3-2-4-8-18)17-14-12-6-5-11(9-12)13(14)16(20)21/h10-14,17H,2-9H2,1H3,(H,20,21). The van der Waals surface area contributed by atoms with Crippen LogP contribution in [0.2, 0.25) is 0 Å². The summed E-state index contributed by atoms with van der Waals surface area (Å²) in [5.74, 6) is -0.116. The van der Waals surface area contributed by atoms with Crippen molar-refractivity contribution < 1.29 is 14.7 Å². The third-order valence-corrected chi connectivity index (χ3v) is 5.68. The highest BCUT2D eigenvalue weighted by atomic mass is 16.4. The lowest BCUT2D eigenvalue weighted by atomic mass is 9.84. The van der Waals surface area contributed by atoms with Gasteiger partial charge >= 0.3 is 5.97 Å². The molecular formula is C16H26N2O3. The van der Waals surface area contributed by atoms with Gasteiger partial charge in [-0.25, -0.2) is 0 Å². The van der Waals surface area contributed by atoms with Gasteiger partial charge in [-0.05, 0) is 57.3 Å². The lowest BCUT2D eigenvalue weighted by molar-refractivity contribution is -0.145. The molecule has 21 heavy (non-hydrogen) atoms. The Bertz CT molecular complexity index is 420. The van der Waals surface area contributed by atoms with E-state index in [1.165, 1.54) is 6.42 Å². The molecule has 0 radical (unpaired) electrons. The van der Waals surface area contributed by atoms with Crippen LogP contribution in [0, 0.1) is 17.8 Å². The number of amides is 1. The Labute approximate surface area is 126 Å². The van der Waals surface area contributed by atoms with E-state index < -0.39 is 5.97 Å². The second-order valence-electron chi connectivity index (χ2n) is 7.00. The highest BCUT2D eigenvalue weighted by Gasteiger charge is 2.51. The molecule has 2 N–H and O–H groups in total. The first-order valence-corrected chi connectivity index (χ1v) is 8.35. The second kappa shape index (κ2) is 5.95. The molecule has 2 aliphatic carbocycles. The summed E-state index contributed by atoms with van der Waals surface area (Å²) in [6.45, 7) is 3.59. The van der Waals surface area contributed by atoms with E-state index in [0.717, 1.165) is 45.2 Å². The number of hydrogen-bond donors (Lipinski definition) is 2. The highest BCUT2D eigenvalue weighted by molar-refractivity contribution is 5.81. The Morgan fingerprint density at radius 3 is 2.48 bits per heavy atom. The van der Waals surface area contributed by atoms with Gasteiger partial charge in [0.2, 0.25) is 5.91 Å². The molecule has 0 aromatic carbocycles. The molecule has 3 aliphatic rings. The number of rotatable bonds is 4. The van der Waals surface area contributed by atoms with Crippen LogP contribution in [0.15, 0.2) is 0 Å². The maximum absolute atomic E-state index is 12.5. The molecule has 2 bridgehead atoms. The van der Waals surface area contributed by atoms with E-state index in [-0.39, 0.29) is 23.9 Å². The van der Waals surface area contributed by atoms with E-state index in [9.17, 15) is 14.7 Å². The van der Waals surface area contributed by atoms with Gasteiger partial charge in [0.25, 0.3) is 0 Å². The third kappa shape index (κ3) is 2.80. The smallest absolute Gasteiger partial charge is 0.308 e. The average Bonchev–Trinajstić information content (AvgIpc) is 3.08. The number of nitrogens with one attached hydrogen (secondary N) is 1. The third-order valence-electron chi connectivity index (χ3n) is 5.68. The number of carboxylic acids is 1. The van der Waals surface area contributed by atoms with Gasteiger partial charge in [-0.1, -0.05) is 0 Å². The van der Waals surface area contributed by atoms with Gasteiger partial charge in [0, 0.05) is 19.1 Å².